The molecule has 0 radical (unpaired) electrons. The highest BCUT2D eigenvalue weighted by atomic mass is 16.5. The Labute approximate surface area is 155 Å². The number of carbonyl (C=O) groups excluding carboxylic acids is 1. The van der Waals surface area contributed by atoms with Gasteiger partial charge >= 0.3 is 0 Å². The van der Waals surface area contributed by atoms with Crippen LogP contribution < -0.4 is 4.74 Å². The van der Waals surface area contributed by atoms with Gasteiger partial charge in [0.1, 0.15) is 5.75 Å². The fourth-order valence-electron chi connectivity index (χ4n) is 4.89. The van der Waals surface area contributed by atoms with E-state index in [0.29, 0.717) is 24.3 Å². The number of fused-ring (bicyclic) bond motifs is 2. The number of likely N-dealkylation sites (tertiary alicyclic amines) is 1. The molecule has 4 heteroatoms. The van der Waals surface area contributed by atoms with Gasteiger partial charge in [0.05, 0.1) is 6.61 Å². The average Bonchev–Trinajstić information content (AvgIpc) is 3.32. The molecule has 4 rings (SSSR count). The molecular weight excluding hydrogens is 326 g/mol. The highest BCUT2D eigenvalue weighted by Gasteiger charge is 2.43. The third-order valence-corrected chi connectivity index (χ3v) is 6.71. The molecule has 2 fully saturated rings. The lowest BCUT2D eigenvalue weighted by molar-refractivity contribution is -0.139. The van der Waals surface area contributed by atoms with Crippen LogP contribution in [0.5, 0.6) is 5.75 Å². The molecule has 1 saturated heterocycles. The number of hydrogen-bond donors (Lipinski definition) is 1. The Morgan fingerprint density at radius 1 is 1.15 bits per heavy atom. The lowest BCUT2D eigenvalue weighted by atomic mass is 9.76. The number of piperidine rings is 1. The van der Waals surface area contributed by atoms with Crippen molar-refractivity contribution < 1.29 is 14.6 Å². The van der Waals surface area contributed by atoms with Gasteiger partial charge in [-0.2, -0.15) is 0 Å². The number of para-hydroxylation sites is 1. The van der Waals surface area contributed by atoms with Gasteiger partial charge in [-0.15, -0.1) is 0 Å². The molecule has 0 aromatic heterocycles. The zero-order chi connectivity index (χ0) is 18.0. The van der Waals surface area contributed by atoms with Crippen molar-refractivity contribution in [3.63, 3.8) is 0 Å². The first-order valence-corrected chi connectivity index (χ1v) is 9.95. The number of nitrogens with zero attached hydrogens (tertiary/aromatic N) is 1. The Kier molecular flexibility index (Phi) is 5.03. The first-order chi connectivity index (χ1) is 12.7. The number of carbonyl (C=O) groups is 1. The Balaban J connectivity index is 1.28. The van der Waals surface area contributed by atoms with Crippen molar-refractivity contribution >= 4 is 5.91 Å². The van der Waals surface area contributed by atoms with E-state index in [-0.39, 0.29) is 17.9 Å². The van der Waals surface area contributed by atoms with Crippen LogP contribution >= 0.6 is 0 Å². The molecular formula is C22H29NO3. The maximum atomic E-state index is 12.9. The monoisotopic (exact) mass is 355 g/mol. The van der Waals surface area contributed by atoms with Crippen LogP contribution in [0, 0.1) is 23.2 Å². The number of rotatable bonds is 6. The number of amides is 1. The molecule has 3 atom stereocenters. The maximum absolute atomic E-state index is 12.9. The Morgan fingerprint density at radius 3 is 2.54 bits per heavy atom. The summed E-state index contributed by atoms with van der Waals surface area (Å²) in [7, 11) is 0. The first-order valence-electron chi connectivity index (χ1n) is 9.95. The highest BCUT2D eigenvalue weighted by molar-refractivity contribution is 5.80. The summed E-state index contributed by atoms with van der Waals surface area (Å²) >= 11 is 0. The van der Waals surface area contributed by atoms with Crippen molar-refractivity contribution in [3.05, 3.63) is 42.5 Å². The van der Waals surface area contributed by atoms with Crippen molar-refractivity contribution in [3.8, 4) is 5.75 Å². The predicted molar refractivity (Wildman–Crippen MR) is 101 cm³/mol. The van der Waals surface area contributed by atoms with E-state index in [0.717, 1.165) is 44.5 Å². The van der Waals surface area contributed by atoms with E-state index < -0.39 is 0 Å². The van der Waals surface area contributed by atoms with Gasteiger partial charge in [-0.3, -0.25) is 4.79 Å². The Bertz CT molecular complexity index is 649. The quantitative estimate of drug-likeness (QED) is 0.797. The number of benzene rings is 1. The molecule has 1 saturated carbocycles. The lowest BCUT2D eigenvalue weighted by Gasteiger charge is -2.42. The number of allylic oxidation sites excluding steroid dienone is 2. The molecule has 1 aromatic carbocycles. The van der Waals surface area contributed by atoms with Gasteiger partial charge in [0, 0.05) is 31.0 Å². The molecule has 1 aromatic rings. The average molecular weight is 355 g/mol. The molecule has 4 nitrogen and oxygen atoms in total. The third-order valence-electron chi connectivity index (χ3n) is 6.71. The van der Waals surface area contributed by atoms with Gasteiger partial charge in [0.2, 0.25) is 5.91 Å². The molecule has 1 amide bonds. The summed E-state index contributed by atoms with van der Waals surface area (Å²) in [6.45, 7) is 2.31. The number of hydrogen-bond acceptors (Lipinski definition) is 3. The number of ether oxygens (including phenoxy) is 1. The third kappa shape index (κ3) is 3.52. The van der Waals surface area contributed by atoms with Crippen LogP contribution in [0.3, 0.4) is 0 Å². The standard InChI is InChI=1S/C22H29NO3/c24-16-22(10-13-26-19-4-2-1-3-5-19)8-11-23(12-9-22)21(25)20-15-17-6-7-18(20)14-17/h1-7,17-18,20,24H,8-16H2/t17-,18+,20+/m1/s1. The molecule has 2 bridgehead atoms. The van der Waals surface area contributed by atoms with E-state index in [1.807, 2.05) is 35.2 Å². The number of aliphatic hydroxyl groups excluding tert-OH is 1. The van der Waals surface area contributed by atoms with Crippen molar-refractivity contribution in [1.29, 1.82) is 0 Å². The topological polar surface area (TPSA) is 49.8 Å². The lowest BCUT2D eigenvalue weighted by Crippen LogP contribution is -2.47. The van der Waals surface area contributed by atoms with E-state index >= 15 is 0 Å². The smallest absolute Gasteiger partial charge is 0.226 e. The molecule has 140 valence electrons. The molecule has 2 aliphatic carbocycles. The molecule has 3 aliphatic rings. The van der Waals surface area contributed by atoms with Crippen molar-refractivity contribution in [2.75, 3.05) is 26.3 Å². The van der Waals surface area contributed by atoms with Crippen molar-refractivity contribution in [1.82, 2.24) is 4.90 Å². The fraction of sp³-hybridized carbons (Fsp3) is 0.591. The van der Waals surface area contributed by atoms with Gasteiger partial charge in [0.15, 0.2) is 0 Å². The second kappa shape index (κ2) is 7.43. The van der Waals surface area contributed by atoms with E-state index in [1.165, 1.54) is 6.42 Å². The Hall–Kier alpha value is -1.81. The Morgan fingerprint density at radius 2 is 1.92 bits per heavy atom. The maximum Gasteiger partial charge on any atom is 0.226 e. The minimum atomic E-state index is -0.111. The van der Waals surface area contributed by atoms with Crippen LogP contribution in [0.2, 0.25) is 0 Å². The van der Waals surface area contributed by atoms with E-state index in [1.54, 1.807) is 0 Å². The molecule has 26 heavy (non-hydrogen) atoms. The van der Waals surface area contributed by atoms with Crippen LogP contribution in [0.4, 0.5) is 0 Å². The second-order valence-electron chi connectivity index (χ2n) is 8.28. The van der Waals surface area contributed by atoms with Gasteiger partial charge in [-0.1, -0.05) is 30.4 Å². The zero-order valence-electron chi connectivity index (χ0n) is 15.3. The van der Waals surface area contributed by atoms with Gasteiger partial charge in [-0.05, 0) is 56.1 Å². The summed E-state index contributed by atoms with van der Waals surface area (Å²) in [6, 6.07) is 9.81. The van der Waals surface area contributed by atoms with Crippen molar-refractivity contribution in [2.24, 2.45) is 23.2 Å². The van der Waals surface area contributed by atoms with Gasteiger partial charge < -0.3 is 14.7 Å². The van der Waals surface area contributed by atoms with E-state index in [4.69, 9.17) is 4.74 Å². The molecule has 0 spiro atoms. The van der Waals surface area contributed by atoms with Crippen LogP contribution in [-0.4, -0.2) is 42.2 Å². The van der Waals surface area contributed by atoms with Gasteiger partial charge in [0.25, 0.3) is 0 Å². The first kappa shape index (κ1) is 17.6. The minimum absolute atomic E-state index is 0.111. The second-order valence-corrected chi connectivity index (χ2v) is 8.28. The summed E-state index contributed by atoms with van der Waals surface area (Å²) in [5.41, 5.74) is -0.111. The summed E-state index contributed by atoms with van der Waals surface area (Å²) in [4.78, 5) is 14.9. The predicted octanol–water partition coefficient (Wildman–Crippen LogP) is 3.27. The van der Waals surface area contributed by atoms with Crippen LogP contribution in [0.15, 0.2) is 42.5 Å². The zero-order valence-corrected chi connectivity index (χ0v) is 15.3. The summed E-state index contributed by atoms with van der Waals surface area (Å²) in [5.74, 6) is 2.52. The fourth-order valence-corrected chi connectivity index (χ4v) is 4.89. The minimum Gasteiger partial charge on any atom is -0.494 e. The summed E-state index contributed by atoms with van der Waals surface area (Å²) in [6.07, 6.45) is 9.30. The van der Waals surface area contributed by atoms with E-state index in [2.05, 4.69) is 12.2 Å². The normalized spacial score (nSPS) is 29.1. The summed E-state index contributed by atoms with van der Waals surface area (Å²) in [5, 5.41) is 9.99. The molecule has 1 heterocycles. The van der Waals surface area contributed by atoms with Crippen molar-refractivity contribution in [2.45, 2.75) is 32.1 Å². The van der Waals surface area contributed by atoms with Crippen LogP contribution in [0.1, 0.15) is 32.1 Å². The number of aliphatic hydroxyl groups is 1. The molecule has 1 aliphatic heterocycles. The molecule has 0 unspecified atom stereocenters. The largest absolute Gasteiger partial charge is 0.494 e. The summed E-state index contributed by atoms with van der Waals surface area (Å²) < 4.78 is 5.83. The van der Waals surface area contributed by atoms with Crippen LogP contribution in [-0.2, 0) is 4.79 Å². The molecule has 1 N–H and O–H groups in total. The highest BCUT2D eigenvalue weighted by Crippen LogP contribution is 2.45. The SMILES string of the molecule is O=C([C@H]1C[C@@H]2C=C[C@H]1C2)N1CCC(CO)(CCOc2ccccc2)CC1. The van der Waals surface area contributed by atoms with Crippen LogP contribution in [0.25, 0.3) is 0 Å². The van der Waals surface area contributed by atoms with Gasteiger partial charge in [-0.25, -0.2) is 0 Å². The van der Waals surface area contributed by atoms with E-state index in [9.17, 15) is 9.90 Å².